The third kappa shape index (κ3) is 3.48. The van der Waals surface area contributed by atoms with E-state index in [4.69, 9.17) is 17.3 Å². The molecule has 1 amide bonds. The summed E-state index contributed by atoms with van der Waals surface area (Å²) in [4.78, 5) is 20.4. The van der Waals surface area contributed by atoms with Crippen molar-refractivity contribution >= 4 is 28.4 Å². The van der Waals surface area contributed by atoms with Crippen molar-refractivity contribution in [3.05, 3.63) is 53.3 Å². The lowest BCUT2D eigenvalue weighted by Crippen LogP contribution is -2.25. The highest BCUT2D eigenvalue weighted by Crippen LogP contribution is 2.39. The maximum atomic E-state index is 11.8. The number of fused-ring (bicyclic) bond motifs is 1. The number of amides is 1. The average molecular weight is 370 g/mol. The van der Waals surface area contributed by atoms with E-state index in [1.807, 2.05) is 13.0 Å². The van der Waals surface area contributed by atoms with Gasteiger partial charge in [0, 0.05) is 29.3 Å². The molecule has 26 heavy (non-hydrogen) atoms. The van der Waals surface area contributed by atoms with Crippen molar-refractivity contribution in [3.8, 4) is 17.0 Å². The van der Waals surface area contributed by atoms with Gasteiger partial charge in [-0.3, -0.25) is 14.8 Å². The van der Waals surface area contributed by atoms with E-state index in [1.165, 1.54) is 0 Å². The molecule has 5 nitrogen and oxygen atoms in total. The van der Waals surface area contributed by atoms with Crippen LogP contribution in [0.2, 0.25) is 5.02 Å². The number of halogens is 1. The molecule has 2 heterocycles. The number of aromatic hydroxyl groups is 1. The number of aromatic nitrogens is 2. The summed E-state index contributed by atoms with van der Waals surface area (Å²) in [5.74, 6) is -0.584. The Morgan fingerprint density at radius 2 is 2.00 bits per heavy atom. The Labute approximate surface area is 156 Å². The monoisotopic (exact) mass is 369 g/mol. The van der Waals surface area contributed by atoms with Crippen LogP contribution >= 0.6 is 11.6 Å². The number of phenols is 1. The highest BCUT2D eigenvalue weighted by atomic mass is 35.5. The first-order chi connectivity index (χ1) is 12.5. The van der Waals surface area contributed by atoms with E-state index in [0.29, 0.717) is 40.0 Å². The van der Waals surface area contributed by atoms with E-state index in [1.54, 1.807) is 36.7 Å². The molecule has 3 N–H and O–H groups in total. The first kappa shape index (κ1) is 18.1. The van der Waals surface area contributed by atoms with Gasteiger partial charge in [0.25, 0.3) is 0 Å². The molecule has 0 spiro atoms. The molecule has 0 aliphatic rings. The molecule has 3 rings (SSSR count). The molecule has 2 aromatic heterocycles. The minimum Gasteiger partial charge on any atom is -0.505 e. The number of hydrogen-bond acceptors (Lipinski definition) is 4. The maximum absolute atomic E-state index is 11.8. The second-order valence-corrected chi connectivity index (χ2v) is 6.66. The number of benzene rings is 1. The summed E-state index contributed by atoms with van der Waals surface area (Å²) in [5.41, 5.74) is 7.89. The van der Waals surface area contributed by atoms with E-state index in [2.05, 4.69) is 9.97 Å². The van der Waals surface area contributed by atoms with Gasteiger partial charge in [0.15, 0.2) is 5.75 Å². The minimum atomic E-state index is -0.330. The second-order valence-electron chi connectivity index (χ2n) is 6.26. The Kier molecular flexibility index (Phi) is 5.38. The summed E-state index contributed by atoms with van der Waals surface area (Å²) in [6, 6.07) is 8.95. The van der Waals surface area contributed by atoms with E-state index in [9.17, 15) is 9.90 Å². The molecule has 0 saturated carbocycles. The largest absolute Gasteiger partial charge is 0.505 e. The van der Waals surface area contributed by atoms with Gasteiger partial charge in [-0.05, 0) is 42.7 Å². The summed E-state index contributed by atoms with van der Waals surface area (Å²) in [6.45, 7) is 2.01. The molecule has 0 bridgehead atoms. The maximum Gasteiger partial charge on any atom is 0.220 e. The quantitative estimate of drug-likeness (QED) is 0.684. The normalized spacial score (nSPS) is 12.2. The molecule has 3 aromatic rings. The van der Waals surface area contributed by atoms with Gasteiger partial charge in [0.05, 0.1) is 10.7 Å². The van der Waals surface area contributed by atoms with E-state index in [-0.39, 0.29) is 17.6 Å². The van der Waals surface area contributed by atoms with Crippen molar-refractivity contribution in [1.29, 1.82) is 0 Å². The summed E-state index contributed by atoms with van der Waals surface area (Å²) < 4.78 is 0. The van der Waals surface area contributed by atoms with Crippen LogP contribution in [-0.2, 0) is 11.2 Å². The lowest BCUT2D eigenvalue weighted by atomic mass is 9.91. The number of hydrogen-bond donors (Lipinski definition) is 2. The lowest BCUT2D eigenvalue weighted by Gasteiger charge is -2.16. The fourth-order valence-electron chi connectivity index (χ4n) is 3.17. The topological polar surface area (TPSA) is 89.1 Å². The zero-order valence-corrected chi connectivity index (χ0v) is 15.2. The highest BCUT2D eigenvalue weighted by molar-refractivity contribution is 6.36. The van der Waals surface area contributed by atoms with Crippen molar-refractivity contribution in [3.63, 3.8) is 0 Å². The first-order valence-electron chi connectivity index (χ1n) is 8.52. The molecule has 6 heteroatoms. The van der Waals surface area contributed by atoms with Crippen molar-refractivity contribution in [1.82, 2.24) is 9.97 Å². The predicted molar refractivity (Wildman–Crippen MR) is 103 cm³/mol. The Bertz CT molecular complexity index is 959. The average Bonchev–Trinajstić information content (AvgIpc) is 2.65. The SMILES string of the molecule is CCCC(Cc1cccnc1-c1cc(Cl)c2cccnc2c1O)C(N)=O. The Morgan fingerprint density at radius 3 is 2.73 bits per heavy atom. The standard InChI is InChI=1S/C20H20ClN3O2/c1-2-5-13(20(22)26)10-12-6-3-8-23-17(12)15-11-16(21)14-7-4-9-24-18(14)19(15)25/h3-4,6-9,11,13,25H,2,5,10H2,1H3,(H2,22,26). The van der Waals surface area contributed by atoms with Crippen LogP contribution in [0.4, 0.5) is 0 Å². The number of pyridine rings is 2. The first-order valence-corrected chi connectivity index (χ1v) is 8.90. The van der Waals surface area contributed by atoms with Crippen LogP contribution in [0.25, 0.3) is 22.2 Å². The number of rotatable bonds is 6. The minimum absolute atomic E-state index is 0.0241. The molecule has 134 valence electrons. The molecule has 1 unspecified atom stereocenters. The predicted octanol–water partition coefficient (Wildman–Crippen LogP) is 4.10. The zero-order valence-electron chi connectivity index (χ0n) is 14.4. The summed E-state index contributed by atoms with van der Waals surface area (Å²) in [5, 5.41) is 11.9. The van der Waals surface area contributed by atoms with E-state index in [0.717, 1.165) is 12.0 Å². The van der Waals surface area contributed by atoms with Crippen LogP contribution < -0.4 is 5.73 Å². The molecular weight excluding hydrogens is 350 g/mol. The van der Waals surface area contributed by atoms with Crippen LogP contribution in [-0.4, -0.2) is 21.0 Å². The van der Waals surface area contributed by atoms with Gasteiger partial charge in [-0.25, -0.2) is 0 Å². The molecule has 0 saturated heterocycles. The van der Waals surface area contributed by atoms with Crippen LogP contribution in [0, 0.1) is 5.92 Å². The van der Waals surface area contributed by atoms with E-state index < -0.39 is 0 Å². The van der Waals surface area contributed by atoms with Gasteiger partial charge in [0.2, 0.25) is 5.91 Å². The second kappa shape index (κ2) is 7.70. The lowest BCUT2D eigenvalue weighted by molar-refractivity contribution is -0.122. The molecule has 0 aliphatic heterocycles. The van der Waals surface area contributed by atoms with Gasteiger partial charge in [-0.15, -0.1) is 0 Å². The molecule has 0 radical (unpaired) electrons. The van der Waals surface area contributed by atoms with Crippen molar-refractivity contribution in [2.24, 2.45) is 11.7 Å². The number of nitrogens with zero attached hydrogens (tertiary/aromatic N) is 2. The third-order valence-corrected chi connectivity index (χ3v) is 4.78. The number of nitrogens with two attached hydrogens (primary N) is 1. The summed E-state index contributed by atoms with van der Waals surface area (Å²) in [6.07, 6.45) is 5.28. The molecule has 0 fully saturated rings. The Hall–Kier alpha value is -2.66. The van der Waals surface area contributed by atoms with Crippen LogP contribution in [0.1, 0.15) is 25.3 Å². The van der Waals surface area contributed by atoms with Gasteiger partial charge in [-0.2, -0.15) is 0 Å². The van der Waals surface area contributed by atoms with Crippen molar-refractivity contribution < 1.29 is 9.90 Å². The smallest absolute Gasteiger partial charge is 0.220 e. The summed E-state index contributed by atoms with van der Waals surface area (Å²) >= 11 is 6.39. The molecule has 1 atom stereocenters. The van der Waals surface area contributed by atoms with Crippen molar-refractivity contribution in [2.45, 2.75) is 26.2 Å². The van der Waals surface area contributed by atoms with Crippen molar-refractivity contribution in [2.75, 3.05) is 0 Å². The fraction of sp³-hybridized carbons (Fsp3) is 0.250. The molecule has 1 aromatic carbocycles. The van der Waals surface area contributed by atoms with Gasteiger partial charge >= 0.3 is 0 Å². The van der Waals surface area contributed by atoms with E-state index >= 15 is 0 Å². The molecular formula is C20H20ClN3O2. The number of carbonyl (C=O) groups is 1. The Morgan fingerprint density at radius 1 is 1.27 bits per heavy atom. The molecule has 0 aliphatic carbocycles. The number of phenolic OH excluding ortho intramolecular Hbond substituents is 1. The van der Waals surface area contributed by atoms with Crippen LogP contribution in [0.15, 0.2) is 42.7 Å². The van der Waals surface area contributed by atoms with Gasteiger partial charge in [-0.1, -0.05) is 31.0 Å². The number of primary amides is 1. The van der Waals surface area contributed by atoms with Gasteiger partial charge < -0.3 is 10.8 Å². The number of carbonyl (C=O) groups excluding carboxylic acids is 1. The highest BCUT2D eigenvalue weighted by Gasteiger charge is 2.21. The third-order valence-electron chi connectivity index (χ3n) is 4.47. The van der Waals surface area contributed by atoms with Crippen LogP contribution in [0.3, 0.4) is 0 Å². The zero-order chi connectivity index (χ0) is 18.7. The van der Waals surface area contributed by atoms with Crippen LogP contribution in [0.5, 0.6) is 5.75 Å². The van der Waals surface area contributed by atoms with Gasteiger partial charge in [0.1, 0.15) is 5.52 Å². The Balaban J connectivity index is 2.12. The fourth-order valence-corrected chi connectivity index (χ4v) is 3.43. The summed E-state index contributed by atoms with van der Waals surface area (Å²) in [7, 11) is 0.